The van der Waals surface area contributed by atoms with Crippen LogP contribution in [0.2, 0.25) is 0 Å². The zero-order chi connectivity index (χ0) is 33.4. The van der Waals surface area contributed by atoms with E-state index in [1.807, 2.05) is 0 Å². The number of phenols is 1. The van der Waals surface area contributed by atoms with E-state index in [1.165, 1.54) is 30.7 Å². The van der Waals surface area contributed by atoms with Crippen molar-refractivity contribution in [3.63, 3.8) is 0 Å². The summed E-state index contributed by atoms with van der Waals surface area (Å²) in [4.78, 5) is 76.8. The van der Waals surface area contributed by atoms with Gasteiger partial charge in [-0.1, -0.05) is 17.3 Å². The Balaban J connectivity index is 1.47. The van der Waals surface area contributed by atoms with Crippen LogP contribution in [0.15, 0.2) is 30.5 Å². The Morgan fingerprint density at radius 1 is 1.02 bits per heavy atom. The lowest BCUT2D eigenvalue weighted by Crippen LogP contribution is -2.66. The summed E-state index contributed by atoms with van der Waals surface area (Å²) in [5.41, 5.74) is 1.03. The molecule has 0 radical (unpaired) electrons. The number of carbonyl (C=O) groups excluding carboxylic acids is 6. The number of nitrogens with one attached hydrogen (secondary N) is 1. The Morgan fingerprint density at radius 2 is 1.72 bits per heavy atom. The van der Waals surface area contributed by atoms with Crippen LogP contribution in [0.25, 0.3) is 11.3 Å². The number of hydroxylamine groups is 2. The first-order chi connectivity index (χ1) is 21.9. The van der Waals surface area contributed by atoms with Crippen molar-refractivity contribution < 1.29 is 57.7 Å². The molecule has 3 heterocycles. The lowest BCUT2D eigenvalue weighted by atomic mass is 9.95. The van der Waals surface area contributed by atoms with E-state index in [0.717, 1.165) is 6.92 Å². The van der Waals surface area contributed by atoms with E-state index in [2.05, 4.69) is 15.6 Å². The highest BCUT2D eigenvalue weighted by Crippen LogP contribution is 2.29. The number of hydrogen-bond donors (Lipinski definition) is 2. The summed E-state index contributed by atoms with van der Waals surface area (Å²) in [5, 5.41) is 21.2. The third-order valence-corrected chi connectivity index (χ3v) is 6.92. The van der Waals surface area contributed by atoms with Gasteiger partial charge in [0, 0.05) is 52.2 Å². The predicted octanol–water partition coefficient (Wildman–Crippen LogP) is 0.538. The van der Waals surface area contributed by atoms with Gasteiger partial charge in [0.15, 0.2) is 18.5 Å². The second-order valence-electron chi connectivity index (χ2n) is 10.7. The number of amides is 3. The van der Waals surface area contributed by atoms with E-state index in [9.17, 15) is 33.9 Å². The predicted molar refractivity (Wildman–Crippen MR) is 151 cm³/mol. The molecule has 0 aliphatic carbocycles. The number of aromatic hydroxyl groups is 1. The smallest absolute Gasteiger partial charge is 0.333 e. The van der Waals surface area contributed by atoms with Crippen molar-refractivity contribution in [2.45, 2.75) is 90.1 Å². The van der Waals surface area contributed by atoms with E-state index in [0.29, 0.717) is 22.7 Å². The van der Waals surface area contributed by atoms with Gasteiger partial charge >= 0.3 is 17.9 Å². The summed E-state index contributed by atoms with van der Waals surface area (Å²) < 4.78 is 24.7. The van der Waals surface area contributed by atoms with Crippen LogP contribution in [0.1, 0.15) is 52.9 Å². The Hall–Kier alpha value is -4.90. The standard InChI is InChI=1S/C29H35N5O12/c1-16(35)30-26-28(44-18(3)37)27(43-17(2)36)22(15-33-14-21(31-32-33)19-7-6-8-20(38)13-19)45-29(26)42-12-5-4-9-25(41)46-34-23(39)10-11-24(34)40/h6-8,13-14,22,26-29,38H,4-5,9-12,15H2,1-3H3,(H,30,35)/t22?,26-,27-,28?,29+/m0/s1. The molecule has 4 rings (SSSR count). The summed E-state index contributed by atoms with van der Waals surface area (Å²) in [7, 11) is 0. The van der Waals surface area contributed by atoms with Crippen molar-refractivity contribution in [2.24, 2.45) is 0 Å². The Kier molecular flexibility index (Phi) is 11.4. The van der Waals surface area contributed by atoms with Crippen molar-refractivity contribution in [1.82, 2.24) is 25.4 Å². The molecule has 2 aliphatic rings. The lowest BCUT2D eigenvalue weighted by Gasteiger charge is -2.45. The number of hydrogen-bond acceptors (Lipinski definition) is 14. The quantitative estimate of drug-likeness (QED) is 0.173. The minimum absolute atomic E-state index is 0.0122. The maximum absolute atomic E-state index is 12.2. The maximum atomic E-state index is 12.2. The normalized spacial score (nSPS) is 22.8. The number of nitrogens with zero attached hydrogens (tertiary/aromatic N) is 4. The van der Waals surface area contributed by atoms with Gasteiger partial charge in [-0.15, -0.1) is 10.2 Å². The zero-order valence-corrected chi connectivity index (χ0v) is 25.5. The van der Waals surface area contributed by atoms with Gasteiger partial charge in [-0.3, -0.25) is 24.0 Å². The number of rotatable bonds is 13. The number of aromatic nitrogens is 3. The number of ether oxygens (including phenoxy) is 4. The fourth-order valence-corrected chi connectivity index (χ4v) is 4.99. The molecule has 2 fully saturated rings. The van der Waals surface area contributed by atoms with Crippen molar-refractivity contribution in [3.8, 4) is 17.0 Å². The van der Waals surface area contributed by atoms with Crippen LogP contribution in [-0.2, 0) is 59.1 Å². The largest absolute Gasteiger partial charge is 0.508 e. The molecule has 2 unspecified atom stereocenters. The fraction of sp³-hybridized carbons (Fsp3) is 0.517. The Morgan fingerprint density at radius 3 is 2.37 bits per heavy atom. The molecule has 0 spiro atoms. The van der Waals surface area contributed by atoms with E-state index < -0.39 is 66.3 Å². The number of benzene rings is 1. The minimum Gasteiger partial charge on any atom is -0.508 e. The summed E-state index contributed by atoms with van der Waals surface area (Å²) in [5.74, 6) is -3.78. The second-order valence-corrected chi connectivity index (χ2v) is 10.7. The van der Waals surface area contributed by atoms with Crippen LogP contribution in [0.4, 0.5) is 0 Å². The monoisotopic (exact) mass is 645 g/mol. The van der Waals surface area contributed by atoms with E-state index in [-0.39, 0.29) is 44.6 Å². The fourth-order valence-electron chi connectivity index (χ4n) is 4.99. The first-order valence-corrected chi connectivity index (χ1v) is 14.6. The minimum atomic E-state index is -1.23. The maximum Gasteiger partial charge on any atom is 0.333 e. The second kappa shape index (κ2) is 15.4. The third-order valence-electron chi connectivity index (χ3n) is 6.92. The highest BCUT2D eigenvalue weighted by molar-refractivity contribution is 6.01. The van der Waals surface area contributed by atoms with Gasteiger partial charge in [0.05, 0.1) is 12.7 Å². The summed E-state index contributed by atoms with van der Waals surface area (Å²) in [6.45, 7) is 3.55. The molecule has 1 aromatic carbocycles. The molecule has 17 nitrogen and oxygen atoms in total. The zero-order valence-electron chi connectivity index (χ0n) is 25.5. The molecule has 248 valence electrons. The highest BCUT2D eigenvalue weighted by atomic mass is 16.7. The van der Waals surface area contributed by atoms with Gasteiger partial charge < -0.3 is 34.2 Å². The van der Waals surface area contributed by atoms with Gasteiger partial charge in [-0.05, 0) is 25.0 Å². The number of phenolic OH excluding ortho intramolecular Hbond substituents is 1. The first kappa shape index (κ1) is 34.0. The van der Waals surface area contributed by atoms with E-state index >= 15 is 0 Å². The van der Waals surface area contributed by atoms with Gasteiger partial charge in [-0.25, -0.2) is 9.48 Å². The van der Waals surface area contributed by atoms with Gasteiger partial charge in [0.2, 0.25) is 5.91 Å². The number of imide groups is 1. The number of carbonyl (C=O) groups is 6. The van der Waals surface area contributed by atoms with Crippen molar-refractivity contribution >= 4 is 35.6 Å². The molecular formula is C29H35N5O12. The summed E-state index contributed by atoms with van der Waals surface area (Å²) in [6, 6.07) is 5.31. The third kappa shape index (κ3) is 9.07. The molecule has 1 aromatic heterocycles. The van der Waals surface area contributed by atoms with Crippen molar-refractivity contribution in [2.75, 3.05) is 6.61 Å². The molecule has 0 saturated carbocycles. The molecule has 3 amide bonds. The molecule has 0 bridgehead atoms. The van der Waals surface area contributed by atoms with Crippen molar-refractivity contribution in [1.29, 1.82) is 0 Å². The average Bonchev–Trinajstić information content (AvgIpc) is 3.57. The van der Waals surface area contributed by atoms with Gasteiger partial charge in [0.1, 0.15) is 23.6 Å². The molecule has 2 aromatic rings. The molecule has 2 aliphatic heterocycles. The molecule has 5 atom stereocenters. The lowest BCUT2D eigenvalue weighted by molar-refractivity contribution is -0.274. The van der Waals surface area contributed by atoms with Crippen LogP contribution in [0.5, 0.6) is 5.75 Å². The SMILES string of the molecule is CC(=O)N[C@H]1C(OC(C)=O)[C@@H](OC(C)=O)C(Cn2cc(-c3cccc(O)c3)nn2)O[C@H]1OCCCCC(=O)ON1C(=O)CCC1=O. The van der Waals surface area contributed by atoms with Crippen LogP contribution in [0, 0.1) is 0 Å². The van der Waals surface area contributed by atoms with E-state index in [1.54, 1.807) is 18.3 Å². The highest BCUT2D eigenvalue weighted by Gasteiger charge is 2.51. The van der Waals surface area contributed by atoms with Crippen LogP contribution >= 0.6 is 0 Å². The molecule has 2 N–H and O–H groups in total. The molecule has 2 saturated heterocycles. The number of unbranched alkanes of at least 4 members (excludes halogenated alkanes) is 1. The molecular weight excluding hydrogens is 610 g/mol. The summed E-state index contributed by atoms with van der Waals surface area (Å²) in [6.07, 6.45) is -2.62. The average molecular weight is 646 g/mol. The molecule has 46 heavy (non-hydrogen) atoms. The Bertz CT molecular complexity index is 1450. The van der Waals surface area contributed by atoms with Gasteiger partial charge in [-0.2, -0.15) is 0 Å². The van der Waals surface area contributed by atoms with Crippen molar-refractivity contribution in [3.05, 3.63) is 30.5 Å². The van der Waals surface area contributed by atoms with Crippen LogP contribution in [-0.4, -0.2) is 98.0 Å². The first-order valence-electron chi connectivity index (χ1n) is 14.6. The summed E-state index contributed by atoms with van der Waals surface area (Å²) >= 11 is 0. The molecule has 17 heteroatoms. The van der Waals surface area contributed by atoms with Crippen LogP contribution < -0.4 is 5.32 Å². The van der Waals surface area contributed by atoms with Gasteiger partial charge in [0.25, 0.3) is 11.8 Å². The topological polar surface area (TPSA) is 215 Å². The van der Waals surface area contributed by atoms with E-state index in [4.69, 9.17) is 23.8 Å². The Labute approximate surface area is 263 Å². The number of esters is 2. The van der Waals surface area contributed by atoms with Crippen LogP contribution in [0.3, 0.4) is 0 Å².